The van der Waals surface area contributed by atoms with E-state index in [1.807, 2.05) is 6.07 Å². The van der Waals surface area contributed by atoms with Gasteiger partial charge in [0.25, 0.3) is 0 Å². The van der Waals surface area contributed by atoms with Crippen LogP contribution in [0, 0.1) is 0 Å². The number of aromatic hydroxyl groups is 1. The Labute approximate surface area is 145 Å². The van der Waals surface area contributed by atoms with Crippen LogP contribution in [0.15, 0.2) is 48.0 Å². The summed E-state index contributed by atoms with van der Waals surface area (Å²) >= 11 is 0. The maximum Gasteiger partial charge on any atom is 0.344 e. The van der Waals surface area contributed by atoms with E-state index in [2.05, 4.69) is 0 Å². The molecule has 3 rings (SSSR count). The molecule has 2 aromatic carbocycles. The second kappa shape index (κ2) is 6.81. The van der Waals surface area contributed by atoms with Crippen molar-refractivity contribution < 1.29 is 24.5 Å². The molecule has 0 aromatic heterocycles. The SMILES string of the molecule is C[C@H](Oc1cccc(/C=C2/CCc3cc(O)ccc3C2=O)c1)C(=O)O. The Hall–Kier alpha value is -3.08. The fourth-order valence-electron chi connectivity index (χ4n) is 2.84. The van der Waals surface area contributed by atoms with E-state index in [1.54, 1.807) is 36.4 Å². The molecule has 5 heteroatoms. The number of ether oxygens (including phenoxy) is 1. The van der Waals surface area contributed by atoms with Gasteiger partial charge in [0.2, 0.25) is 0 Å². The van der Waals surface area contributed by atoms with Crippen LogP contribution in [-0.4, -0.2) is 28.1 Å². The third-order valence-electron chi connectivity index (χ3n) is 4.15. The quantitative estimate of drug-likeness (QED) is 0.834. The molecule has 0 spiro atoms. The van der Waals surface area contributed by atoms with Gasteiger partial charge in [-0.05, 0) is 67.3 Å². The molecular formula is C20H18O5. The monoisotopic (exact) mass is 338 g/mol. The van der Waals surface area contributed by atoms with E-state index >= 15 is 0 Å². The van der Waals surface area contributed by atoms with E-state index in [0.29, 0.717) is 29.7 Å². The molecule has 5 nitrogen and oxygen atoms in total. The maximum atomic E-state index is 12.6. The average molecular weight is 338 g/mol. The summed E-state index contributed by atoms with van der Waals surface area (Å²) in [5.41, 5.74) is 2.93. The van der Waals surface area contributed by atoms with E-state index in [1.165, 1.54) is 13.0 Å². The molecule has 0 aliphatic heterocycles. The highest BCUT2D eigenvalue weighted by Crippen LogP contribution is 2.29. The first-order chi connectivity index (χ1) is 11.9. The van der Waals surface area contributed by atoms with Crippen molar-refractivity contribution >= 4 is 17.8 Å². The van der Waals surface area contributed by atoms with E-state index in [9.17, 15) is 14.7 Å². The van der Waals surface area contributed by atoms with Crippen LogP contribution in [0.5, 0.6) is 11.5 Å². The normalized spacial score (nSPS) is 16.4. The number of carbonyl (C=O) groups is 2. The number of benzene rings is 2. The summed E-state index contributed by atoms with van der Waals surface area (Å²) in [5.74, 6) is -0.480. The van der Waals surface area contributed by atoms with Gasteiger partial charge in [-0.2, -0.15) is 0 Å². The average Bonchev–Trinajstić information content (AvgIpc) is 2.57. The largest absolute Gasteiger partial charge is 0.508 e. The van der Waals surface area contributed by atoms with Gasteiger partial charge in [0.15, 0.2) is 11.9 Å². The van der Waals surface area contributed by atoms with Crippen molar-refractivity contribution in [1.29, 1.82) is 0 Å². The molecule has 0 heterocycles. The van der Waals surface area contributed by atoms with E-state index in [0.717, 1.165) is 11.1 Å². The smallest absolute Gasteiger partial charge is 0.344 e. The first-order valence-electron chi connectivity index (χ1n) is 8.01. The van der Waals surface area contributed by atoms with Gasteiger partial charge in [0, 0.05) is 11.1 Å². The molecule has 0 saturated carbocycles. The second-order valence-corrected chi connectivity index (χ2v) is 6.01. The Morgan fingerprint density at radius 3 is 2.76 bits per heavy atom. The van der Waals surface area contributed by atoms with Gasteiger partial charge in [0.05, 0.1) is 0 Å². The van der Waals surface area contributed by atoms with E-state index < -0.39 is 12.1 Å². The third kappa shape index (κ3) is 3.71. The second-order valence-electron chi connectivity index (χ2n) is 6.01. The lowest BCUT2D eigenvalue weighted by Crippen LogP contribution is -2.22. The molecule has 2 aromatic rings. The number of rotatable bonds is 4. The minimum Gasteiger partial charge on any atom is -0.508 e. The summed E-state index contributed by atoms with van der Waals surface area (Å²) in [6.07, 6.45) is 2.13. The summed E-state index contributed by atoms with van der Waals surface area (Å²) in [4.78, 5) is 23.5. The number of hydrogen-bond acceptors (Lipinski definition) is 4. The number of hydrogen-bond donors (Lipinski definition) is 2. The molecule has 25 heavy (non-hydrogen) atoms. The Morgan fingerprint density at radius 1 is 1.20 bits per heavy atom. The molecule has 0 bridgehead atoms. The lowest BCUT2D eigenvalue weighted by Gasteiger charge is -2.18. The van der Waals surface area contributed by atoms with Crippen LogP contribution in [0.4, 0.5) is 0 Å². The zero-order chi connectivity index (χ0) is 18.0. The number of fused-ring (bicyclic) bond motifs is 1. The molecule has 0 amide bonds. The molecule has 0 radical (unpaired) electrons. The highest BCUT2D eigenvalue weighted by atomic mass is 16.5. The minimum atomic E-state index is -1.04. The molecule has 0 fully saturated rings. The highest BCUT2D eigenvalue weighted by molar-refractivity contribution is 6.13. The van der Waals surface area contributed by atoms with Gasteiger partial charge in [-0.1, -0.05) is 12.1 Å². The van der Waals surface area contributed by atoms with Gasteiger partial charge in [-0.15, -0.1) is 0 Å². The Kier molecular flexibility index (Phi) is 4.57. The van der Waals surface area contributed by atoms with Crippen molar-refractivity contribution in [3.8, 4) is 11.5 Å². The number of Topliss-reactive ketones (excluding diaryl/α,β-unsaturated/α-hetero) is 1. The molecule has 1 aliphatic carbocycles. The van der Waals surface area contributed by atoms with Gasteiger partial charge in [-0.25, -0.2) is 4.79 Å². The summed E-state index contributed by atoms with van der Waals surface area (Å²) < 4.78 is 5.36. The summed E-state index contributed by atoms with van der Waals surface area (Å²) in [6.45, 7) is 1.46. The van der Waals surface area contributed by atoms with Crippen LogP contribution in [0.3, 0.4) is 0 Å². The first-order valence-corrected chi connectivity index (χ1v) is 8.01. The number of carbonyl (C=O) groups excluding carboxylic acids is 1. The van der Waals surface area contributed by atoms with Crippen LogP contribution in [0.25, 0.3) is 6.08 Å². The van der Waals surface area contributed by atoms with E-state index in [4.69, 9.17) is 9.84 Å². The topological polar surface area (TPSA) is 83.8 Å². The van der Waals surface area contributed by atoms with Crippen molar-refractivity contribution in [2.24, 2.45) is 0 Å². The molecule has 128 valence electrons. The molecule has 0 saturated heterocycles. The summed E-state index contributed by atoms with van der Waals surface area (Å²) in [5, 5.41) is 18.5. The van der Waals surface area contributed by atoms with Crippen molar-refractivity contribution in [1.82, 2.24) is 0 Å². The number of phenolic OH excluding ortho intramolecular Hbond substituents is 1. The van der Waals surface area contributed by atoms with Crippen LogP contribution < -0.4 is 4.74 Å². The molecule has 1 atom stereocenters. The number of aryl methyl sites for hydroxylation is 1. The van der Waals surface area contributed by atoms with Gasteiger partial charge in [0.1, 0.15) is 11.5 Å². The van der Waals surface area contributed by atoms with Crippen molar-refractivity contribution in [3.63, 3.8) is 0 Å². The Bertz CT molecular complexity index is 866. The van der Waals surface area contributed by atoms with Crippen LogP contribution in [0.2, 0.25) is 0 Å². The number of phenols is 1. The predicted molar refractivity (Wildman–Crippen MR) is 92.9 cm³/mol. The minimum absolute atomic E-state index is 0.0496. The fourth-order valence-corrected chi connectivity index (χ4v) is 2.84. The Balaban J connectivity index is 1.85. The predicted octanol–water partition coefficient (Wildman–Crippen LogP) is 3.46. The van der Waals surface area contributed by atoms with Gasteiger partial charge < -0.3 is 14.9 Å². The lowest BCUT2D eigenvalue weighted by atomic mass is 9.86. The standard InChI is InChI=1S/C20H18O5/c1-12(20(23)24)25-17-4-2-3-13(10-17)9-15-6-5-14-11-16(21)7-8-18(14)19(15)22/h2-4,7-12,21H,5-6H2,1H3,(H,23,24)/b15-9-/t12-/m0/s1. The zero-order valence-corrected chi connectivity index (χ0v) is 13.7. The molecule has 1 aliphatic rings. The van der Waals surface area contributed by atoms with Crippen molar-refractivity contribution in [2.75, 3.05) is 0 Å². The van der Waals surface area contributed by atoms with Crippen LogP contribution >= 0.6 is 0 Å². The highest BCUT2D eigenvalue weighted by Gasteiger charge is 2.22. The number of ketones is 1. The number of carboxylic acid groups (broad SMARTS) is 1. The maximum absolute atomic E-state index is 12.6. The van der Waals surface area contributed by atoms with E-state index in [-0.39, 0.29) is 11.5 Å². The van der Waals surface area contributed by atoms with Gasteiger partial charge >= 0.3 is 5.97 Å². The zero-order valence-electron chi connectivity index (χ0n) is 13.7. The summed E-state index contributed by atoms with van der Waals surface area (Å²) in [6, 6.07) is 11.8. The number of aliphatic carboxylic acids is 1. The molecule has 2 N–H and O–H groups in total. The molecular weight excluding hydrogens is 320 g/mol. The number of allylic oxidation sites excluding steroid dienone is 1. The van der Waals surface area contributed by atoms with Gasteiger partial charge in [-0.3, -0.25) is 4.79 Å². The molecule has 0 unspecified atom stereocenters. The fraction of sp³-hybridized carbons (Fsp3) is 0.200. The third-order valence-corrected chi connectivity index (χ3v) is 4.15. The first kappa shape index (κ1) is 16.8. The Morgan fingerprint density at radius 2 is 2.00 bits per heavy atom. The number of carboxylic acids is 1. The van der Waals surface area contributed by atoms with Crippen LogP contribution in [0.1, 0.15) is 34.8 Å². The summed E-state index contributed by atoms with van der Waals surface area (Å²) in [7, 11) is 0. The van der Waals surface area contributed by atoms with Crippen molar-refractivity contribution in [2.45, 2.75) is 25.9 Å². The van der Waals surface area contributed by atoms with Crippen molar-refractivity contribution in [3.05, 3.63) is 64.7 Å². The van der Waals surface area contributed by atoms with Crippen LogP contribution in [-0.2, 0) is 11.2 Å². The lowest BCUT2D eigenvalue weighted by molar-refractivity contribution is -0.144.